The number of nitrogens with zero attached hydrogens (tertiary/aromatic N) is 6. The van der Waals surface area contributed by atoms with Crippen molar-refractivity contribution in [2.24, 2.45) is 0 Å². The van der Waals surface area contributed by atoms with Crippen LogP contribution in [0.15, 0.2) is 0 Å². The largest absolute Gasteiger partial charge is 0.637 e. The molecule has 0 aliphatic rings. The first-order chi connectivity index (χ1) is 13.1. The molecule has 0 radical (unpaired) electrons. The first-order valence-corrected chi connectivity index (χ1v) is 6.48. The van der Waals surface area contributed by atoms with Gasteiger partial charge in [-0.15, -0.1) is 0 Å². The Labute approximate surface area is 153 Å². The van der Waals surface area contributed by atoms with Gasteiger partial charge in [0.1, 0.15) is 29.5 Å². The molecular formula is C7H8F2N6O14. The van der Waals surface area contributed by atoms with Crippen LogP contribution in [0.1, 0.15) is 0 Å². The molecule has 0 aliphatic carbocycles. The third-order valence-corrected chi connectivity index (χ3v) is 3.04. The van der Waals surface area contributed by atoms with Crippen molar-refractivity contribution in [3.63, 3.8) is 0 Å². The van der Waals surface area contributed by atoms with Crippen molar-refractivity contribution in [1.29, 1.82) is 0 Å². The first kappa shape index (κ1) is 25.2. The van der Waals surface area contributed by atoms with Crippen LogP contribution in [0.25, 0.3) is 0 Å². The van der Waals surface area contributed by atoms with E-state index in [1.54, 1.807) is 0 Å². The van der Waals surface area contributed by atoms with Crippen LogP contribution in [0.5, 0.6) is 0 Å². The molecule has 20 nitrogen and oxygen atoms in total. The molecule has 0 fully saturated rings. The second kappa shape index (κ2) is 8.91. The van der Waals surface area contributed by atoms with Gasteiger partial charge in [0.2, 0.25) is 13.2 Å². The van der Waals surface area contributed by atoms with Crippen molar-refractivity contribution in [2.75, 3.05) is 26.4 Å². The molecule has 0 aromatic carbocycles. The van der Waals surface area contributed by atoms with E-state index < -0.39 is 73.5 Å². The molecule has 0 spiro atoms. The maximum absolute atomic E-state index is 13.5. The normalized spacial score (nSPS) is 12.2. The number of ether oxygens (including phenoxy) is 2. The minimum atomic E-state index is -4.54. The summed E-state index contributed by atoms with van der Waals surface area (Å²) in [5.74, 6) is -9.07. The molecule has 0 atom stereocenters. The van der Waals surface area contributed by atoms with Crippen LogP contribution in [0.2, 0.25) is 0 Å². The zero-order valence-electron chi connectivity index (χ0n) is 13.5. The molecular weight excluding hydrogens is 430 g/mol. The van der Waals surface area contributed by atoms with Crippen LogP contribution in [-0.2, 0) is 9.47 Å². The van der Waals surface area contributed by atoms with Gasteiger partial charge in [0.05, 0.1) is 0 Å². The van der Waals surface area contributed by atoms with Crippen molar-refractivity contribution in [1.82, 2.24) is 0 Å². The van der Waals surface area contributed by atoms with E-state index in [4.69, 9.17) is 0 Å². The molecule has 0 bridgehead atoms. The number of alkyl halides is 2. The summed E-state index contributed by atoms with van der Waals surface area (Å²) in [5, 5.41) is 63.4. The second-order valence-electron chi connectivity index (χ2n) is 4.95. The average molecular weight is 438 g/mol. The quantitative estimate of drug-likeness (QED) is 0.131. The minimum Gasteiger partial charge on any atom is -0.348 e. The van der Waals surface area contributed by atoms with Crippen molar-refractivity contribution < 1.29 is 47.8 Å². The lowest BCUT2D eigenvalue weighted by atomic mass is 10.2. The molecule has 0 unspecified atom stereocenters. The molecule has 0 amide bonds. The Morgan fingerprint density at radius 2 is 0.759 bits per heavy atom. The Hall–Kier alpha value is -3.82. The van der Waals surface area contributed by atoms with Gasteiger partial charge < -0.3 is 9.47 Å². The number of hydrogen-bond acceptors (Lipinski definition) is 14. The highest BCUT2D eigenvalue weighted by atomic mass is 19.2. The lowest BCUT2D eigenvalue weighted by Crippen LogP contribution is -2.56. The van der Waals surface area contributed by atoms with Gasteiger partial charge in [-0.25, -0.2) is 0 Å². The van der Waals surface area contributed by atoms with Gasteiger partial charge in [0.15, 0.2) is 13.2 Å². The van der Waals surface area contributed by atoms with E-state index in [-0.39, 0.29) is 0 Å². The summed E-state index contributed by atoms with van der Waals surface area (Å²) >= 11 is 0. The summed E-state index contributed by atoms with van der Waals surface area (Å²) in [7, 11) is 0. The Balaban J connectivity index is 5.47. The van der Waals surface area contributed by atoms with Crippen LogP contribution in [0.3, 0.4) is 0 Å². The van der Waals surface area contributed by atoms with E-state index in [9.17, 15) is 69.5 Å². The van der Waals surface area contributed by atoms with E-state index in [0.29, 0.717) is 0 Å². The molecule has 164 valence electrons. The Bertz CT molecular complexity index is 641. The smallest absolute Gasteiger partial charge is 0.348 e. The van der Waals surface area contributed by atoms with Crippen molar-refractivity contribution >= 4 is 0 Å². The van der Waals surface area contributed by atoms with Crippen LogP contribution in [0.4, 0.5) is 8.78 Å². The zero-order valence-corrected chi connectivity index (χ0v) is 13.5. The first-order valence-electron chi connectivity index (χ1n) is 6.48. The van der Waals surface area contributed by atoms with Crippen LogP contribution in [0, 0.1) is 60.7 Å². The van der Waals surface area contributed by atoms with Crippen LogP contribution in [-0.4, -0.2) is 73.5 Å². The van der Waals surface area contributed by atoms with Gasteiger partial charge >= 0.3 is 17.5 Å². The maximum atomic E-state index is 13.5. The molecule has 0 N–H and O–H groups in total. The Kier molecular flexibility index (Phi) is 7.74. The summed E-state index contributed by atoms with van der Waals surface area (Å²) in [6, 6.07) is 0. The SMILES string of the molecule is O=[N+]([O-])C(F)(COCC(COCC(F)([N+](=O)[O-])[N+](=O)[O-])([N+](=O)[O-])[N+](=O)[O-])[N+](=O)[O-]. The predicted molar refractivity (Wildman–Crippen MR) is 74.0 cm³/mol. The van der Waals surface area contributed by atoms with E-state index in [1.165, 1.54) is 0 Å². The summed E-state index contributed by atoms with van der Waals surface area (Å²) in [6.45, 7) is -8.16. The predicted octanol–water partition coefficient (Wildman–Crippen LogP) is -1.38. The zero-order chi connectivity index (χ0) is 23.2. The fourth-order valence-corrected chi connectivity index (χ4v) is 1.35. The van der Waals surface area contributed by atoms with Gasteiger partial charge in [0.25, 0.3) is 0 Å². The van der Waals surface area contributed by atoms with Gasteiger partial charge in [-0.1, -0.05) is 8.78 Å². The van der Waals surface area contributed by atoms with Gasteiger partial charge in [-0.3, -0.25) is 60.7 Å². The number of hydrogen-bond donors (Lipinski definition) is 0. The van der Waals surface area contributed by atoms with Crippen molar-refractivity contribution in [3.05, 3.63) is 60.7 Å². The summed E-state index contributed by atoms with van der Waals surface area (Å²) in [4.78, 5) is 51.3. The van der Waals surface area contributed by atoms with Gasteiger partial charge in [0, 0.05) is 0 Å². The van der Waals surface area contributed by atoms with Crippen LogP contribution < -0.4 is 0 Å². The molecule has 0 saturated heterocycles. The molecule has 22 heteroatoms. The highest BCUT2D eigenvalue weighted by Gasteiger charge is 2.64. The average Bonchev–Trinajstić information content (AvgIpc) is 2.58. The summed E-state index contributed by atoms with van der Waals surface area (Å²) in [6.07, 6.45) is 0. The van der Waals surface area contributed by atoms with E-state index in [0.717, 1.165) is 0 Å². The molecule has 0 rings (SSSR count). The monoisotopic (exact) mass is 438 g/mol. The van der Waals surface area contributed by atoms with Crippen molar-refractivity contribution in [2.45, 2.75) is 17.5 Å². The standard InChI is InChI=1S/C7H8F2N6O14/c8-6(12(20)21,13(22)23)3-28-1-5(10(16)17,11(18)19)2-29-4-7(9,14(24)25)15(26)27/h1-4H2. The lowest BCUT2D eigenvalue weighted by molar-refractivity contribution is -0.838. The Morgan fingerprint density at radius 1 is 0.517 bits per heavy atom. The lowest BCUT2D eigenvalue weighted by Gasteiger charge is -2.18. The number of halogens is 2. The molecule has 0 heterocycles. The molecule has 0 saturated carbocycles. The number of rotatable bonds is 14. The molecule has 29 heavy (non-hydrogen) atoms. The molecule has 0 aromatic heterocycles. The van der Waals surface area contributed by atoms with E-state index >= 15 is 0 Å². The van der Waals surface area contributed by atoms with Gasteiger partial charge in [-0.05, 0) is 0 Å². The fraction of sp³-hybridized carbons (Fsp3) is 1.00. The van der Waals surface area contributed by atoms with E-state index in [1.807, 2.05) is 0 Å². The number of nitro groups is 6. The van der Waals surface area contributed by atoms with E-state index in [2.05, 4.69) is 9.47 Å². The van der Waals surface area contributed by atoms with Crippen molar-refractivity contribution in [3.8, 4) is 0 Å². The second-order valence-corrected chi connectivity index (χ2v) is 4.95. The molecule has 0 aliphatic heterocycles. The summed E-state index contributed by atoms with van der Waals surface area (Å²) in [5.41, 5.74) is -3.73. The van der Waals surface area contributed by atoms with Gasteiger partial charge in [-0.2, -0.15) is 0 Å². The highest BCUT2D eigenvalue weighted by Crippen LogP contribution is 2.20. The summed E-state index contributed by atoms with van der Waals surface area (Å²) < 4.78 is 35.0. The third kappa shape index (κ3) is 5.12. The Morgan fingerprint density at radius 3 is 0.931 bits per heavy atom. The topological polar surface area (TPSA) is 277 Å². The minimum absolute atomic E-state index is 1.80. The molecule has 0 aromatic rings. The van der Waals surface area contributed by atoms with Crippen LogP contribution >= 0.6 is 0 Å². The highest BCUT2D eigenvalue weighted by molar-refractivity contribution is 4.68. The maximum Gasteiger partial charge on any atom is 0.637 e. The third-order valence-electron chi connectivity index (χ3n) is 3.04. The fourth-order valence-electron chi connectivity index (χ4n) is 1.35.